The van der Waals surface area contributed by atoms with Crippen molar-refractivity contribution in [3.05, 3.63) is 24.3 Å². The van der Waals surface area contributed by atoms with Crippen molar-refractivity contribution >= 4 is 45.0 Å². The summed E-state index contributed by atoms with van der Waals surface area (Å²) >= 11 is 3.63. The van der Waals surface area contributed by atoms with Gasteiger partial charge in [-0.15, -0.1) is 0 Å². The van der Waals surface area contributed by atoms with E-state index in [0.29, 0.717) is 18.5 Å². The van der Waals surface area contributed by atoms with Crippen LogP contribution in [0.2, 0.25) is 0 Å². The van der Waals surface area contributed by atoms with Gasteiger partial charge in [0, 0.05) is 36.3 Å². The minimum atomic E-state index is -1.14. The average Bonchev–Trinajstić information content (AvgIpc) is 3.45. The van der Waals surface area contributed by atoms with Gasteiger partial charge in [-0.1, -0.05) is 22.9 Å². The summed E-state index contributed by atoms with van der Waals surface area (Å²) in [7, 11) is 1.54. The number of aliphatic hydroxyl groups is 1. The van der Waals surface area contributed by atoms with Gasteiger partial charge in [-0.25, -0.2) is 0 Å². The number of hydrogen-bond donors (Lipinski definition) is 3. The molecule has 1 aromatic carbocycles. The van der Waals surface area contributed by atoms with E-state index in [1.165, 1.54) is 11.9 Å². The molecule has 7 atom stereocenters. The van der Waals surface area contributed by atoms with Crippen LogP contribution in [0.25, 0.3) is 0 Å². The molecular formula is C25H35BrN4O5. The standard InChI is InChI=1S/C25H35BrN4O5/c1-5-15(13-31)30-21(23(33)28-14-8-10-16(11-9-14)29(6-2)7-3)25-12-17(26)20(35-25)18(22(32)27-4)19(25)24(30)34/h8-11,15,17-21,31H,5-7,12-13H2,1-4H3,(H,27,32)(H,28,33)/t15-,17?,18-,19-,20-,21?,25?/m0/s1. The Hall–Kier alpha value is -2.17. The summed E-state index contributed by atoms with van der Waals surface area (Å²) in [5.74, 6) is -2.43. The van der Waals surface area contributed by atoms with E-state index in [9.17, 15) is 19.5 Å². The van der Waals surface area contributed by atoms with Gasteiger partial charge in [0.15, 0.2) is 0 Å². The Morgan fingerprint density at radius 3 is 2.43 bits per heavy atom. The summed E-state index contributed by atoms with van der Waals surface area (Å²) < 4.78 is 6.40. The molecule has 3 fully saturated rings. The van der Waals surface area contributed by atoms with Gasteiger partial charge in [-0.2, -0.15) is 0 Å². The molecule has 1 spiro atoms. The molecule has 1 aromatic rings. The molecule has 4 rings (SSSR count). The second-order valence-electron chi connectivity index (χ2n) is 9.48. The fourth-order valence-electron chi connectivity index (χ4n) is 6.20. The normalized spacial score (nSPS) is 31.9. The molecule has 0 aliphatic carbocycles. The first-order valence-electron chi connectivity index (χ1n) is 12.4. The second kappa shape index (κ2) is 10.1. The Morgan fingerprint density at radius 2 is 1.89 bits per heavy atom. The maximum Gasteiger partial charge on any atom is 0.250 e. The van der Waals surface area contributed by atoms with Gasteiger partial charge in [0.05, 0.1) is 30.6 Å². The van der Waals surface area contributed by atoms with Crippen LogP contribution in [0.1, 0.15) is 33.6 Å². The highest BCUT2D eigenvalue weighted by atomic mass is 79.9. The second-order valence-corrected chi connectivity index (χ2v) is 10.7. The number of anilines is 2. The minimum Gasteiger partial charge on any atom is -0.394 e. The molecule has 9 nitrogen and oxygen atoms in total. The highest BCUT2D eigenvalue weighted by molar-refractivity contribution is 9.09. The van der Waals surface area contributed by atoms with E-state index in [4.69, 9.17) is 4.74 Å². The van der Waals surface area contributed by atoms with Crippen LogP contribution < -0.4 is 15.5 Å². The minimum absolute atomic E-state index is 0.161. The number of carbonyl (C=O) groups excluding carboxylic acids is 3. The Bertz CT molecular complexity index is 967. The number of hydrogen-bond acceptors (Lipinski definition) is 6. The molecule has 2 bridgehead atoms. The number of fused-ring (bicyclic) bond motifs is 1. The van der Waals surface area contributed by atoms with Gasteiger partial charge in [0.25, 0.3) is 0 Å². The van der Waals surface area contributed by atoms with Crippen molar-refractivity contribution in [2.45, 2.75) is 62.2 Å². The third-order valence-corrected chi connectivity index (χ3v) is 8.71. The van der Waals surface area contributed by atoms with Crippen molar-refractivity contribution in [2.24, 2.45) is 11.8 Å². The Kier molecular flexibility index (Phi) is 7.45. The van der Waals surface area contributed by atoms with Crippen LogP contribution >= 0.6 is 15.9 Å². The average molecular weight is 551 g/mol. The largest absolute Gasteiger partial charge is 0.394 e. The Labute approximate surface area is 214 Å². The fraction of sp³-hybridized carbons (Fsp3) is 0.640. The predicted octanol–water partition coefficient (Wildman–Crippen LogP) is 1.74. The SMILES string of the molecule is CC[C@@H](CO)N1C(=O)[C@@H]2[C@H](C(=O)NC)[C@H]3OC2(CC3Br)C1C(=O)Nc1ccc(N(CC)CC)cc1. The van der Waals surface area contributed by atoms with Gasteiger partial charge < -0.3 is 30.3 Å². The van der Waals surface area contributed by atoms with Crippen molar-refractivity contribution in [2.75, 3.05) is 37.0 Å². The van der Waals surface area contributed by atoms with Gasteiger partial charge in [-0.3, -0.25) is 14.4 Å². The van der Waals surface area contributed by atoms with E-state index in [0.717, 1.165) is 18.8 Å². The first-order valence-corrected chi connectivity index (χ1v) is 13.3. The summed E-state index contributed by atoms with van der Waals surface area (Å²) in [6.07, 6.45) is 0.405. The summed E-state index contributed by atoms with van der Waals surface area (Å²) in [6.45, 7) is 7.52. The van der Waals surface area contributed by atoms with E-state index in [1.54, 1.807) is 0 Å². The number of rotatable bonds is 9. The monoisotopic (exact) mass is 550 g/mol. The molecule has 3 aliphatic rings. The number of alkyl halides is 1. The lowest BCUT2D eigenvalue weighted by atomic mass is 9.70. The number of ether oxygens (including phenoxy) is 1. The number of nitrogens with zero attached hydrogens (tertiary/aromatic N) is 2. The van der Waals surface area contributed by atoms with E-state index in [1.807, 2.05) is 31.2 Å². The zero-order valence-electron chi connectivity index (χ0n) is 20.7. The summed E-state index contributed by atoms with van der Waals surface area (Å²) in [4.78, 5) is 43.9. The molecule has 3 unspecified atom stereocenters. The topological polar surface area (TPSA) is 111 Å². The molecule has 3 heterocycles. The first kappa shape index (κ1) is 25.9. The number of halogens is 1. The molecule has 10 heteroatoms. The van der Waals surface area contributed by atoms with Gasteiger partial charge in [0.2, 0.25) is 17.7 Å². The Balaban J connectivity index is 1.69. The van der Waals surface area contributed by atoms with E-state index >= 15 is 0 Å². The quantitative estimate of drug-likeness (QED) is 0.404. The van der Waals surface area contributed by atoms with Crippen molar-refractivity contribution in [3.63, 3.8) is 0 Å². The third kappa shape index (κ3) is 4.03. The number of benzene rings is 1. The van der Waals surface area contributed by atoms with Crippen LogP contribution in [0.15, 0.2) is 24.3 Å². The maximum atomic E-state index is 13.8. The molecule has 3 aliphatic heterocycles. The number of amides is 3. The van der Waals surface area contributed by atoms with Crippen LogP contribution in [0.4, 0.5) is 11.4 Å². The molecule has 0 radical (unpaired) electrons. The highest BCUT2D eigenvalue weighted by Crippen LogP contribution is 2.60. The van der Waals surface area contributed by atoms with Crippen LogP contribution in [0.3, 0.4) is 0 Å². The van der Waals surface area contributed by atoms with Crippen LogP contribution in [-0.4, -0.2) is 83.1 Å². The summed E-state index contributed by atoms with van der Waals surface area (Å²) in [5, 5.41) is 15.7. The van der Waals surface area contributed by atoms with Crippen molar-refractivity contribution in [1.29, 1.82) is 0 Å². The van der Waals surface area contributed by atoms with Crippen molar-refractivity contribution in [3.8, 4) is 0 Å². The zero-order valence-corrected chi connectivity index (χ0v) is 22.2. The molecule has 35 heavy (non-hydrogen) atoms. The van der Waals surface area contributed by atoms with Crippen LogP contribution in [0, 0.1) is 11.8 Å². The van der Waals surface area contributed by atoms with Gasteiger partial charge in [0.1, 0.15) is 11.6 Å². The number of likely N-dealkylation sites (tertiary alicyclic amines) is 1. The van der Waals surface area contributed by atoms with Gasteiger partial charge >= 0.3 is 0 Å². The lowest BCUT2D eigenvalue weighted by Gasteiger charge is -2.36. The molecule has 0 aromatic heterocycles. The van der Waals surface area contributed by atoms with Gasteiger partial charge in [-0.05, 0) is 51.0 Å². The number of carbonyl (C=O) groups is 3. The molecular weight excluding hydrogens is 516 g/mol. The van der Waals surface area contributed by atoms with E-state index in [2.05, 4.69) is 45.3 Å². The molecule has 0 saturated carbocycles. The molecule has 192 valence electrons. The van der Waals surface area contributed by atoms with Crippen LogP contribution in [0.5, 0.6) is 0 Å². The lowest BCUT2D eigenvalue weighted by molar-refractivity contribution is -0.144. The molecule has 3 saturated heterocycles. The molecule has 3 amide bonds. The third-order valence-electron chi connectivity index (χ3n) is 7.86. The summed E-state index contributed by atoms with van der Waals surface area (Å²) in [6, 6.07) is 6.09. The van der Waals surface area contributed by atoms with Crippen molar-refractivity contribution < 1.29 is 24.2 Å². The van der Waals surface area contributed by atoms with Crippen LogP contribution in [-0.2, 0) is 19.1 Å². The Morgan fingerprint density at radius 1 is 1.23 bits per heavy atom. The van der Waals surface area contributed by atoms with Crippen molar-refractivity contribution in [1.82, 2.24) is 10.2 Å². The smallest absolute Gasteiger partial charge is 0.250 e. The first-order chi connectivity index (χ1) is 16.8. The number of nitrogens with one attached hydrogen (secondary N) is 2. The summed E-state index contributed by atoms with van der Waals surface area (Å²) in [5.41, 5.74) is 0.533. The maximum absolute atomic E-state index is 13.8. The molecule has 3 N–H and O–H groups in total. The number of aliphatic hydroxyl groups excluding tert-OH is 1. The van der Waals surface area contributed by atoms with E-state index in [-0.39, 0.29) is 29.2 Å². The predicted molar refractivity (Wildman–Crippen MR) is 136 cm³/mol. The zero-order chi connectivity index (χ0) is 25.5. The lowest BCUT2D eigenvalue weighted by Crippen LogP contribution is -2.56. The fourth-order valence-corrected chi connectivity index (χ4v) is 7.14. The highest BCUT2D eigenvalue weighted by Gasteiger charge is 2.76. The van der Waals surface area contributed by atoms with E-state index < -0.39 is 35.6 Å².